The zero-order chi connectivity index (χ0) is 15.7. The molecule has 0 aliphatic heterocycles. The highest BCUT2D eigenvalue weighted by molar-refractivity contribution is 7.98. The van der Waals surface area contributed by atoms with Crippen LogP contribution >= 0.6 is 11.8 Å². The van der Waals surface area contributed by atoms with Gasteiger partial charge in [0.25, 0.3) is 0 Å². The number of likely N-dealkylation sites (N-methyl/N-ethyl adjacent to an activating group) is 1. The van der Waals surface area contributed by atoms with Gasteiger partial charge in [-0.2, -0.15) is 11.8 Å². The lowest BCUT2D eigenvalue weighted by Crippen LogP contribution is -2.36. The Kier molecular flexibility index (Phi) is 8.19. The van der Waals surface area contributed by atoms with Gasteiger partial charge < -0.3 is 20.7 Å². The molecule has 0 unspecified atom stereocenters. The lowest BCUT2D eigenvalue weighted by molar-refractivity contribution is -0.117. The van der Waals surface area contributed by atoms with Crippen LogP contribution in [0.25, 0.3) is 0 Å². The normalized spacial score (nSPS) is 12.2. The molecule has 21 heavy (non-hydrogen) atoms. The van der Waals surface area contributed by atoms with Gasteiger partial charge >= 0.3 is 0 Å². The van der Waals surface area contributed by atoms with Crippen molar-refractivity contribution in [2.45, 2.75) is 12.5 Å². The molecule has 0 bridgehead atoms. The van der Waals surface area contributed by atoms with Crippen LogP contribution in [0.5, 0.6) is 5.75 Å². The maximum absolute atomic E-state index is 11.9. The first-order chi connectivity index (χ1) is 10.0. The van der Waals surface area contributed by atoms with Crippen LogP contribution in [0, 0.1) is 0 Å². The maximum atomic E-state index is 11.9. The molecule has 0 saturated heterocycles. The van der Waals surface area contributed by atoms with E-state index in [-0.39, 0.29) is 5.91 Å². The smallest absolute Gasteiger partial charge is 0.241 e. The van der Waals surface area contributed by atoms with Gasteiger partial charge in [-0.05, 0) is 44.7 Å². The van der Waals surface area contributed by atoms with E-state index in [1.165, 1.54) is 0 Å². The molecule has 1 aromatic carbocycles. The van der Waals surface area contributed by atoms with Gasteiger partial charge in [-0.15, -0.1) is 0 Å². The van der Waals surface area contributed by atoms with Crippen LogP contribution in [0.4, 0.5) is 5.69 Å². The first kappa shape index (κ1) is 17.8. The molecule has 0 aliphatic carbocycles. The van der Waals surface area contributed by atoms with Crippen LogP contribution in [0.2, 0.25) is 0 Å². The van der Waals surface area contributed by atoms with Crippen LogP contribution in [0.1, 0.15) is 6.42 Å². The zero-order valence-electron chi connectivity index (χ0n) is 13.0. The molecule has 1 amide bonds. The van der Waals surface area contributed by atoms with Crippen molar-refractivity contribution in [2.75, 3.05) is 44.6 Å². The van der Waals surface area contributed by atoms with Crippen molar-refractivity contribution in [1.82, 2.24) is 4.90 Å². The molecule has 1 rings (SSSR count). The number of hydrogen-bond donors (Lipinski definition) is 2. The third-order valence-electron chi connectivity index (χ3n) is 2.88. The number of rotatable bonds is 9. The number of carbonyl (C=O) groups excluding carboxylic acids is 1. The molecule has 0 spiro atoms. The third-order valence-corrected chi connectivity index (χ3v) is 3.52. The van der Waals surface area contributed by atoms with Crippen molar-refractivity contribution in [3.63, 3.8) is 0 Å². The summed E-state index contributed by atoms with van der Waals surface area (Å²) >= 11 is 1.68. The molecule has 1 aromatic rings. The number of anilines is 1. The van der Waals surface area contributed by atoms with E-state index in [0.717, 1.165) is 18.0 Å². The Bertz CT molecular complexity index is 441. The fraction of sp³-hybridized carbons (Fsp3) is 0.533. The van der Waals surface area contributed by atoms with E-state index < -0.39 is 6.04 Å². The molecule has 0 aliphatic rings. The number of nitrogens with one attached hydrogen (secondary N) is 1. The van der Waals surface area contributed by atoms with E-state index in [4.69, 9.17) is 10.5 Å². The average Bonchev–Trinajstić information content (AvgIpc) is 2.44. The molecule has 0 heterocycles. The van der Waals surface area contributed by atoms with Gasteiger partial charge in [0.15, 0.2) is 0 Å². The monoisotopic (exact) mass is 311 g/mol. The van der Waals surface area contributed by atoms with Crippen LogP contribution in [-0.2, 0) is 4.79 Å². The lowest BCUT2D eigenvalue weighted by atomic mass is 10.2. The Morgan fingerprint density at radius 1 is 1.48 bits per heavy atom. The third kappa shape index (κ3) is 7.36. The quantitative estimate of drug-likeness (QED) is 0.726. The van der Waals surface area contributed by atoms with Gasteiger partial charge in [0, 0.05) is 18.3 Å². The summed E-state index contributed by atoms with van der Waals surface area (Å²) < 4.78 is 5.64. The van der Waals surface area contributed by atoms with E-state index in [1.54, 1.807) is 11.8 Å². The van der Waals surface area contributed by atoms with Crippen LogP contribution in [0.15, 0.2) is 24.3 Å². The van der Waals surface area contributed by atoms with Crippen molar-refractivity contribution in [1.29, 1.82) is 0 Å². The number of carbonyl (C=O) groups is 1. The fourth-order valence-corrected chi connectivity index (χ4v) is 2.11. The van der Waals surface area contributed by atoms with E-state index >= 15 is 0 Å². The molecule has 0 saturated carbocycles. The summed E-state index contributed by atoms with van der Waals surface area (Å²) in [6.07, 6.45) is 2.67. The van der Waals surface area contributed by atoms with E-state index in [0.29, 0.717) is 18.7 Å². The molecular weight excluding hydrogens is 286 g/mol. The number of nitrogens with two attached hydrogens (primary N) is 1. The van der Waals surface area contributed by atoms with E-state index in [1.807, 2.05) is 44.6 Å². The minimum Gasteiger partial charge on any atom is -0.492 e. The number of ether oxygens (including phenoxy) is 1. The van der Waals surface area contributed by atoms with Crippen molar-refractivity contribution in [3.8, 4) is 5.75 Å². The zero-order valence-corrected chi connectivity index (χ0v) is 13.8. The van der Waals surface area contributed by atoms with Crippen LogP contribution < -0.4 is 15.8 Å². The highest BCUT2D eigenvalue weighted by Crippen LogP contribution is 2.17. The molecule has 0 fully saturated rings. The Morgan fingerprint density at radius 3 is 2.90 bits per heavy atom. The minimum atomic E-state index is -0.476. The fourth-order valence-electron chi connectivity index (χ4n) is 1.62. The van der Waals surface area contributed by atoms with Gasteiger partial charge in [-0.1, -0.05) is 6.07 Å². The Labute approximate surface area is 131 Å². The predicted molar refractivity (Wildman–Crippen MR) is 90.1 cm³/mol. The molecule has 1 atom stereocenters. The summed E-state index contributed by atoms with van der Waals surface area (Å²) in [5, 5.41) is 2.83. The summed E-state index contributed by atoms with van der Waals surface area (Å²) in [5.74, 6) is 1.46. The predicted octanol–water partition coefficient (Wildman–Crippen LogP) is 1.65. The summed E-state index contributed by atoms with van der Waals surface area (Å²) in [4.78, 5) is 14.0. The molecule has 0 radical (unpaired) electrons. The molecule has 6 heteroatoms. The van der Waals surface area contributed by atoms with Gasteiger partial charge in [0.2, 0.25) is 5.91 Å². The average molecular weight is 311 g/mol. The summed E-state index contributed by atoms with van der Waals surface area (Å²) in [7, 11) is 3.99. The highest BCUT2D eigenvalue weighted by Gasteiger charge is 2.13. The van der Waals surface area contributed by atoms with Gasteiger partial charge in [0.05, 0.1) is 6.04 Å². The second-order valence-electron chi connectivity index (χ2n) is 5.06. The van der Waals surface area contributed by atoms with Crippen molar-refractivity contribution >= 4 is 23.4 Å². The molecular formula is C15H25N3O2S. The van der Waals surface area contributed by atoms with Gasteiger partial charge in [-0.3, -0.25) is 4.79 Å². The van der Waals surface area contributed by atoms with Crippen molar-refractivity contribution < 1.29 is 9.53 Å². The second kappa shape index (κ2) is 9.65. The standard InChI is InChI=1S/C15H25N3O2S/c1-18(2)8-9-20-13-6-4-5-12(11-13)17-15(19)14(16)7-10-21-3/h4-6,11,14H,7-10,16H2,1-3H3,(H,17,19)/t14-/m0/s1. The number of benzene rings is 1. The van der Waals surface area contributed by atoms with E-state index in [9.17, 15) is 4.79 Å². The van der Waals surface area contributed by atoms with Crippen LogP contribution in [-0.4, -0.2) is 56.1 Å². The molecule has 5 nitrogen and oxygen atoms in total. The second-order valence-corrected chi connectivity index (χ2v) is 6.04. The first-order valence-electron chi connectivity index (χ1n) is 6.96. The number of nitrogens with zero attached hydrogens (tertiary/aromatic N) is 1. The number of thioether (sulfide) groups is 1. The largest absolute Gasteiger partial charge is 0.492 e. The molecule has 118 valence electrons. The Balaban J connectivity index is 2.49. The summed E-state index contributed by atoms with van der Waals surface area (Å²) in [5.41, 5.74) is 6.55. The number of hydrogen-bond acceptors (Lipinski definition) is 5. The van der Waals surface area contributed by atoms with Gasteiger partial charge in [0.1, 0.15) is 12.4 Å². The summed E-state index contributed by atoms with van der Waals surface area (Å²) in [6, 6.07) is 6.90. The molecule has 3 N–H and O–H groups in total. The maximum Gasteiger partial charge on any atom is 0.241 e. The van der Waals surface area contributed by atoms with Crippen molar-refractivity contribution in [3.05, 3.63) is 24.3 Å². The first-order valence-corrected chi connectivity index (χ1v) is 8.35. The highest BCUT2D eigenvalue weighted by atomic mass is 32.2. The minimum absolute atomic E-state index is 0.158. The SMILES string of the molecule is CSCC[C@H](N)C(=O)Nc1cccc(OCCN(C)C)c1. The Hall–Kier alpha value is -1.24. The van der Waals surface area contributed by atoms with Crippen LogP contribution in [0.3, 0.4) is 0 Å². The lowest BCUT2D eigenvalue weighted by Gasteiger charge is -2.14. The number of amides is 1. The van der Waals surface area contributed by atoms with E-state index in [2.05, 4.69) is 10.2 Å². The summed E-state index contributed by atoms with van der Waals surface area (Å²) in [6.45, 7) is 1.45. The van der Waals surface area contributed by atoms with Crippen molar-refractivity contribution in [2.24, 2.45) is 5.73 Å². The topological polar surface area (TPSA) is 67.6 Å². The molecule has 0 aromatic heterocycles. The Morgan fingerprint density at radius 2 is 2.24 bits per heavy atom. The van der Waals surface area contributed by atoms with Gasteiger partial charge in [-0.25, -0.2) is 0 Å².